The number of allylic oxidation sites excluding steroid dienone is 4. The zero-order valence-corrected chi connectivity index (χ0v) is 15.7. The molecule has 0 aliphatic heterocycles. The standard InChI is InChI=1S/C23H31NO/c1-3-4-5-6-7-8-9-10-11-12-13-16-20-19-23(25)21-17-14-15-18-22(21)24(20)2/h7-8,10-11,14-15,17-19H,3-6,9,12-13,16H2,1-2H3/b8-7+,11-10+. The molecule has 0 fully saturated rings. The van der Waals surface area contributed by atoms with Crippen LogP contribution in [0.15, 0.2) is 59.4 Å². The summed E-state index contributed by atoms with van der Waals surface area (Å²) < 4.78 is 2.15. The minimum Gasteiger partial charge on any atom is -0.347 e. The first-order chi connectivity index (χ1) is 12.2. The molecule has 0 spiro atoms. The van der Waals surface area contributed by atoms with E-state index in [-0.39, 0.29) is 5.43 Å². The molecule has 0 bridgehead atoms. The number of hydrogen-bond donors (Lipinski definition) is 0. The van der Waals surface area contributed by atoms with Gasteiger partial charge in [-0.3, -0.25) is 4.79 Å². The minimum absolute atomic E-state index is 0.132. The Labute approximate surface area is 151 Å². The fourth-order valence-corrected chi connectivity index (χ4v) is 3.11. The van der Waals surface area contributed by atoms with Gasteiger partial charge in [-0.2, -0.15) is 0 Å². The van der Waals surface area contributed by atoms with Crippen LogP contribution in [0.2, 0.25) is 0 Å². The van der Waals surface area contributed by atoms with Crippen LogP contribution >= 0.6 is 0 Å². The van der Waals surface area contributed by atoms with Crippen molar-refractivity contribution in [3.8, 4) is 0 Å². The predicted octanol–water partition coefficient (Wildman–Crippen LogP) is 5.94. The molecular formula is C23H31NO. The molecule has 0 radical (unpaired) electrons. The highest BCUT2D eigenvalue weighted by molar-refractivity contribution is 5.79. The Morgan fingerprint density at radius 1 is 0.960 bits per heavy atom. The van der Waals surface area contributed by atoms with Crippen molar-refractivity contribution in [3.05, 3.63) is 70.6 Å². The number of hydrogen-bond acceptors (Lipinski definition) is 1. The second-order valence-corrected chi connectivity index (χ2v) is 6.64. The van der Waals surface area contributed by atoms with Gasteiger partial charge in [-0.15, -0.1) is 0 Å². The first-order valence-corrected chi connectivity index (χ1v) is 9.61. The molecule has 1 heterocycles. The molecule has 0 saturated carbocycles. The SMILES string of the molecule is CCCCC/C=C/C/C=C/CCCc1cc(=O)c2ccccc2n1C. The van der Waals surface area contributed by atoms with Crippen LogP contribution in [0.4, 0.5) is 0 Å². The number of fused-ring (bicyclic) bond motifs is 1. The molecular weight excluding hydrogens is 306 g/mol. The highest BCUT2D eigenvalue weighted by Crippen LogP contribution is 2.13. The first-order valence-electron chi connectivity index (χ1n) is 9.61. The topological polar surface area (TPSA) is 22.0 Å². The lowest BCUT2D eigenvalue weighted by atomic mass is 10.1. The van der Waals surface area contributed by atoms with E-state index in [0.29, 0.717) is 0 Å². The van der Waals surface area contributed by atoms with Crippen LogP contribution in [0.5, 0.6) is 0 Å². The van der Waals surface area contributed by atoms with Crippen molar-refractivity contribution in [3.63, 3.8) is 0 Å². The highest BCUT2D eigenvalue weighted by Gasteiger charge is 2.05. The zero-order valence-electron chi connectivity index (χ0n) is 15.7. The largest absolute Gasteiger partial charge is 0.347 e. The maximum Gasteiger partial charge on any atom is 0.189 e. The van der Waals surface area contributed by atoms with E-state index >= 15 is 0 Å². The minimum atomic E-state index is 0.132. The Bertz CT molecular complexity index is 767. The second kappa shape index (κ2) is 10.7. The molecule has 0 aliphatic rings. The quantitative estimate of drug-likeness (QED) is 0.388. The summed E-state index contributed by atoms with van der Waals surface area (Å²) in [4.78, 5) is 12.2. The summed E-state index contributed by atoms with van der Waals surface area (Å²) in [5, 5.41) is 0.805. The van der Waals surface area contributed by atoms with Gasteiger partial charge in [0.2, 0.25) is 0 Å². The second-order valence-electron chi connectivity index (χ2n) is 6.64. The molecule has 0 N–H and O–H groups in total. The summed E-state index contributed by atoms with van der Waals surface area (Å²) in [7, 11) is 2.05. The van der Waals surface area contributed by atoms with Crippen molar-refractivity contribution in [1.29, 1.82) is 0 Å². The molecule has 2 aromatic rings. The van der Waals surface area contributed by atoms with Crippen LogP contribution < -0.4 is 5.43 Å². The smallest absolute Gasteiger partial charge is 0.189 e. The van der Waals surface area contributed by atoms with Crippen molar-refractivity contribution in [2.75, 3.05) is 0 Å². The lowest BCUT2D eigenvalue weighted by Gasteiger charge is -2.11. The number of aryl methyl sites for hydroxylation is 2. The molecule has 0 aliphatic carbocycles. The molecule has 2 rings (SSSR count). The van der Waals surface area contributed by atoms with Crippen molar-refractivity contribution < 1.29 is 0 Å². The third-order valence-electron chi connectivity index (χ3n) is 4.64. The van der Waals surface area contributed by atoms with Crippen LogP contribution in [0.1, 0.15) is 57.6 Å². The molecule has 1 aromatic carbocycles. The van der Waals surface area contributed by atoms with Crippen molar-refractivity contribution >= 4 is 10.9 Å². The summed E-state index contributed by atoms with van der Waals surface area (Å²) in [5.74, 6) is 0. The lowest BCUT2D eigenvalue weighted by Crippen LogP contribution is -2.11. The summed E-state index contributed by atoms with van der Waals surface area (Å²) in [5.41, 5.74) is 2.27. The third-order valence-corrected chi connectivity index (χ3v) is 4.64. The van der Waals surface area contributed by atoms with Gasteiger partial charge in [-0.1, -0.05) is 56.2 Å². The zero-order chi connectivity index (χ0) is 17.9. The van der Waals surface area contributed by atoms with Gasteiger partial charge in [0, 0.05) is 24.2 Å². The number of para-hydroxylation sites is 1. The van der Waals surface area contributed by atoms with E-state index in [0.717, 1.165) is 42.3 Å². The van der Waals surface area contributed by atoms with Gasteiger partial charge in [0.1, 0.15) is 0 Å². The summed E-state index contributed by atoms with van der Waals surface area (Å²) >= 11 is 0. The van der Waals surface area contributed by atoms with Gasteiger partial charge in [0.05, 0.1) is 5.52 Å². The van der Waals surface area contributed by atoms with E-state index in [2.05, 4.69) is 42.8 Å². The van der Waals surface area contributed by atoms with Crippen LogP contribution in [-0.4, -0.2) is 4.57 Å². The van der Waals surface area contributed by atoms with E-state index in [1.165, 1.54) is 25.7 Å². The van der Waals surface area contributed by atoms with Gasteiger partial charge in [0.25, 0.3) is 0 Å². The van der Waals surface area contributed by atoms with Crippen molar-refractivity contribution in [2.45, 2.75) is 58.3 Å². The summed E-state index contributed by atoms with van der Waals surface area (Å²) in [6.07, 6.45) is 18.3. The first kappa shape index (κ1) is 19.2. The number of pyridine rings is 1. The molecule has 1 aromatic heterocycles. The maximum absolute atomic E-state index is 12.2. The van der Waals surface area contributed by atoms with Crippen LogP contribution in [0.3, 0.4) is 0 Å². The molecule has 0 amide bonds. The predicted molar refractivity (Wildman–Crippen MR) is 109 cm³/mol. The van der Waals surface area contributed by atoms with Gasteiger partial charge < -0.3 is 4.57 Å². The van der Waals surface area contributed by atoms with Crippen LogP contribution in [0, 0.1) is 0 Å². The summed E-state index contributed by atoms with van der Waals surface area (Å²) in [6.45, 7) is 2.24. The normalized spacial score (nSPS) is 11.9. The van der Waals surface area contributed by atoms with E-state index < -0.39 is 0 Å². The Morgan fingerprint density at radius 3 is 2.44 bits per heavy atom. The van der Waals surface area contributed by atoms with Crippen LogP contribution in [0.25, 0.3) is 10.9 Å². The lowest BCUT2D eigenvalue weighted by molar-refractivity contribution is 0.728. The van der Waals surface area contributed by atoms with E-state index in [9.17, 15) is 4.79 Å². The molecule has 134 valence electrons. The van der Waals surface area contributed by atoms with Gasteiger partial charge in [-0.05, 0) is 50.7 Å². The number of aromatic nitrogens is 1. The Hall–Kier alpha value is -2.09. The molecule has 0 unspecified atom stereocenters. The van der Waals surface area contributed by atoms with Crippen molar-refractivity contribution in [2.24, 2.45) is 7.05 Å². The van der Waals surface area contributed by atoms with Crippen molar-refractivity contribution in [1.82, 2.24) is 4.57 Å². The Kier molecular flexibility index (Phi) is 8.24. The van der Waals surface area contributed by atoms with Gasteiger partial charge in [0.15, 0.2) is 5.43 Å². The van der Waals surface area contributed by atoms with E-state index in [1.807, 2.05) is 24.3 Å². The maximum atomic E-state index is 12.2. The average molecular weight is 338 g/mol. The van der Waals surface area contributed by atoms with Gasteiger partial charge in [-0.25, -0.2) is 0 Å². The van der Waals surface area contributed by atoms with Gasteiger partial charge >= 0.3 is 0 Å². The fourth-order valence-electron chi connectivity index (χ4n) is 3.11. The summed E-state index contributed by atoms with van der Waals surface area (Å²) in [6, 6.07) is 9.63. The van der Waals surface area contributed by atoms with E-state index in [4.69, 9.17) is 0 Å². The Morgan fingerprint density at radius 2 is 1.68 bits per heavy atom. The average Bonchev–Trinajstić information content (AvgIpc) is 2.63. The number of nitrogens with zero attached hydrogens (tertiary/aromatic N) is 1. The van der Waals surface area contributed by atoms with Crippen LogP contribution in [-0.2, 0) is 13.5 Å². The monoisotopic (exact) mass is 337 g/mol. The molecule has 2 nitrogen and oxygen atoms in total. The number of rotatable bonds is 10. The fraction of sp³-hybridized carbons (Fsp3) is 0.435. The third kappa shape index (κ3) is 6.04. The molecule has 0 saturated heterocycles. The number of unbranched alkanes of at least 4 members (excludes halogenated alkanes) is 4. The number of benzene rings is 1. The molecule has 2 heteroatoms. The highest BCUT2D eigenvalue weighted by atomic mass is 16.1. The molecule has 25 heavy (non-hydrogen) atoms. The molecule has 0 atom stereocenters. The Balaban J connectivity index is 1.77. The van der Waals surface area contributed by atoms with E-state index in [1.54, 1.807) is 6.07 Å².